The fourth-order valence-electron chi connectivity index (χ4n) is 4.51. The molecule has 5 rings (SSSR count). The van der Waals surface area contributed by atoms with Crippen LogP contribution in [0.25, 0.3) is 16.5 Å². The van der Waals surface area contributed by atoms with Crippen molar-refractivity contribution in [3.8, 4) is 11.5 Å². The van der Waals surface area contributed by atoms with Crippen molar-refractivity contribution in [1.29, 1.82) is 0 Å². The van der Waals surface area contributed by atoms with E-state index in [1.807, 2.05) is 53.9 Å². The van der Waals surface area contributed by atoms with Crippen molar-refractivity contribution in [3.05, 3.63) is 92.1 Å². The topological polar surface area (TPSA) is 76.1 Å². The Kier molecular flexibility index (Phi) is 6.38. The number of anilines is 1. The van der Waals surface area contributed by atoms with E-state index in [1.54, 1.807) is 6.07 Å². The highest BCUT2D eigenvalue weighted by atomic mass is 35.5. The van der Waals surface area contributed by atoms with Crippen LogP contribution >= 0.6 is 34.5 Å². The highest BCUT2D eigenvalue weighted by molar-refractivity contribution is 7.10. The summed E-state index contributed by atoms with van der Waals surface area (Å²) in [7, 11) is 2.77. The number of carbonyl (C=O) groups excluding carboxylic acids is 2. The number of methoxy groups -OCH3 is 2. The summed E-state index contributed by atoms with van der Waals surface area (Å²) in [6, 6.07) is 17.3. The average molecular weight is 540 g/mol. The number of carbonyl (C=O) groups is 2. The van der Waals surface area contributed by atoms with Crippen molar-refractivity contribution in [2.45, 2.75) is 6.04 Å². The van der Waals surface area contributed by atoms with Gasteiger partial charge in [-0.15, -0.1) is 11.3 Å². The summed E-state index contributed by atoms with van der Waals surface area (Å²) in [5, 5.41) is 15.2. The molecular formula is C27H19Cl2NO5S. The molecular weight excluding hydrogens is 521 g/mol. The summed E-state index contributed by atoms with van der Waals surface area (Å²) in [5.41, 5.74) is 0.544. The molecule has 0 bridgehead atoms. The zero-order chi connectivity index (χ0) is 25.6. The number of thiophene rings is 1. The van der Waals surface area contributed by atoms with Crippen molar-refractivity contribution in [2.75, 3.05) is 19.1 Å². The third-order valence-corrected chi connectivity index (χ3v) is 7.63. The molecule has 6 nitrogen and oxygen atoms in total. The fourth-order valence-corrected chi connectivity index (χ4v) is 6.02. The predicted molar refractivity (Wildman–Crippen MR) is 143 cm³/mol. The van der Waals surface area contributed by atoms with Crippen LogP contribution in [0.4, 0.5) is 5.69 Å². The Labute approximate surface area is 220 Å². The zero-order valence-electron chi connectivity index (χ0n) is 19.1. The lowest BCUT2D eigenvalue weighted by Gasteiger charge is -2.25. The van der Waals surface area contributed by atoms with Crippen molar-refractivity contribution in [3.63, 3.8) is 0 Å². The average Bonchev–Trinajstić information content (AvgIpc) is 3.50. The monoisotopic (exact) mass is 539 g/mol. The summed E-state index contributed by atoms with van der Waals surface area (Å²) in [6.45, 7) is 0. The first-order valence-electron chi connectivity index (χ1n) is 10.8. The molecule has 1 N–H and O–H groups in total. The van der Waals surface area contributed by atoms with E-state index in [1.165, 1.54) is 36.5 Å². The number of aliphatic hydroxyl groups excluding tert-OH is 1. The van der Waals surface area contributed by atoms with Crippen LogP contribution in [0, 0.1) is 0 Å². The standard InChI is InChI=1S/C27H19Cl2NO5S/c1-34-25-16(13-17(28)26(35-2)21(25)29)23(31)20-22(19-11-6-12-36-19)30(27(33)24(20)32)18-10-5-8-14-7-3-4-9-15(14)18/h3-13,22,31H,1-2H3/b23-20-. The molecule has 182 valence electrons. The molecule has 1 fully saturated rings. The SMILES string of the molecule is COc1c(Cl)cc(/C(O)=C2/C(=O)C(=O)N(c3cccc4ccccc34)C2c2cccs2)c(OC)c1Cl. The molecule has 0 saturated carbocycles. The molecule has 4 aromatic rings. The Morgan fingerprint density at radius 2 is 1.69 bits per heavy atom. The van der Waals surface area contributed by atoms with E-state index in [9.17, 15) is 14.7 Å². The second kappa shape index (κ2) is 9.50. The highest BCUT2D eigenvalue weighted by Gasteiger charge is 2.48. The number of nitrogens with zero attached hydrogens (tertiary/aromatic N) is 1. The second-order valence-electron chi connectivity index (χ2n) is 7.97. The largest absolute Gasteiger partial charge is 0.507 e. The molecule has 1 aliphatic rings. The number of halogens is 2. The normalized spacial score (nSPS) is 17.1. The number of ether oxygens (including phenoxy) is 2. The Morgan fingerprint density at radius 1 is 0.972 bits per heavy atom. The number of ketones is 1. The van der Waals surface area contributed by atoms with Crippen LogP contribution in [0.1, 0.15) is 16.5 Å². The lowest BCUT2D eigenvalue weighted by molar-refractivity contribution is -0.132. The fraction of sp³-hybridized carbons (Fsp3) is 0.111. The van der Waals surface area contributed by atoms with Crippen LogP contribution in [0.3, 0.4) is 0 Å². The maximum absolute atomic E-state index is 13.5. The molecule has 1 unspecified atom stereocenters. The molecule has 1 aromatic heterocycles. The van der Waals surface area contributed by atoms with Gasteiger partial charge < -0.3 is 14.6 Å². The number of Topliss-reactive ketones (excluding diaryl/α,β-unsaturated/α-hetero) is 1. The van der Waals surface area contributed by atoms with Crippen molar-refractivity contribution < 1.29 is 24.2 Å². The van der Waals surface area contributed by atoms with Crippen molar-refractivity contribution in [1.82, 2.24) is 0 Å². The first-order valence-corrected chi connectivity index (χ1v) is 12.4. The summed E-state index contributed by atoms with van der Waals surface area (Å²) in [6.07, 6.45) is 0. The van der Waals surface area contributed by atoms with E-state index >= 15 is 0 Å². The van der Waals surface area contributed by atoms with Crippen LogP contribution in [0.2, 0.25) is 10.0 Å². The van der Waals surface area contributed by atoms with Gasteiger partial charge in [-0.25, -0.2) is 0 Å². The quantitative estimate of drug-likeness (QED) is 0.170. The lowest BCUT2D eigenvalue weighted by Crippen LogP contribution is -2.29. The Balaban J connectivity index is 1.79. The molecule has 1 aliphatic heterocycles. The number of aliphatic hydroxyl groups is 1. The molecule has 36 heavy (non-hydrogen) atoms. The van der Waals surface area contributed by atoms with Crippen LogP contribution < -0.4 is 14.4 Å². The van der Waals surface area contributed by atoms with Gasteiger partial charge in [0.25, 0.3) is 11.7 Å². The van der Waals surface area contributed by atoms with Gasteiger partial charge in [0.15, 0.2) is 11.5 Å². The van der Waals surface area contributed by atoms with Gasteiger partial charge in [0.1, 0.15) is 16.8 Å². The van der Waals surface area contributed by atoms with Gasteiger partial charge in [-0.3, -0.25) is 14.5 Å². The van der Waals surface area contributed by atoms with E-state index in [-0.39, 0.29) is 32.7 Å². The van der Waals surface area contributed by atoms with E-state index < -0.39 is 23.5 Å². The number of hydrogen-bond acceptors (Lipinski definition) is 6. The summed E-state index contributed by atoms with van der Waals surface area (Å²) < 4.78 is 10.7. The van der Waals surface area contributed by atoms with E-state index in [0.717, 1.165) is 10.8 Å². The molecule has 9 heteroatoms. The van der Waals surface area contributed by atoms with Gasteiger partial charge in [0.2, 0.25) is 0 Å². The minimum absolute atomic E-state index is 0.0324. The highest BCUT2D eigenvalue weighted by Crippen LogP contribution is 2.49. The Morgan fingerprint density at radius 3 is 2.39 bits per heavy atom. The summed E-state index contributed by atoms with van der Waals surface area (Å²) >= 11 is 14.2. The van der Waals surface area contributed by atoms with Crippen LogP contribution in [-0.4, -0.2) is 31.0 Å². The van der Waals surface area contributed by atoms with Gasteiger partial charge in [0.05, 0.1) is 36.1 Å². The van der Waals surface area contributed by atoms with Crippen LogP contribution in [0.15, 0.2) is 71.6 Å². The second-order valence-corrected chi connectivity index (χ2v) is 9.73. The third kappa shape index (κ3) is 3.71. The minimum atomic E-state index is -0.875. The number of hydrogen-bond donors (Lipinski definition) is 1. The summed E-state index contributed by atoms with van der Waals surface area (Å²) in [5.74, 6) is -1.80. The van der Waals surface area contributed by atoms with E-state index in [0.29, 0.717) is 10.6 Å². The van der Waals surface area contributed by atoms with Crippen molar-refractivity contribution in [2.24, 2.45) is 0 Å². The third-order valence-electron chi connectivity index (χ3n) is 6.08. The van der Waals surface area contributed by atoms with Crippen LogP contribution in [-0.2, 0) is 9.59 Å². The Hall–Kier alpha value is -3.52. The van der Waals surface area contributed by atoms with Crippen molar-refractivity contribution >= 4 is 68.4 Å². The molecule has 0 spiro atoms. The number of benzene rings is 3. The van der Waals surface area contributed by atoms with Gasteiger partial charge >= 0.3 is 0 Å². The van der Waals surface area contributed by atoms with E-state index in [4.69, 9.17) is 32.7 Å². The van der Waals surface area contributed by atoms with E-state index in [2.05, 4.69) is 0 Å². The smallest absolute Gasteiger partial charge is 0.300 e. The number of rotatable bonds is 5. The number of fused-ring (bicyclic) bond motifs is 1. The number of amides is 1. The van der Waals surface area contributed by atoms with Gasteiger partial charge in [0, 0.05) is 10.3 Å². The first-order chi connectivity index (χ1) is 17.4. The predicted octanol–water partition coefficient (Wildman–Crippen LogP) is 6.85. The molecule has 1 atom stereocenters. The molecule has 3 aromatic carbocycles. The summed E-state index contributed by atoms with van der Waals surface area (Å²) in [4.78, 5) is 29.2. The van der Waals surface area contributed by atoms with Gasteiger partial charge in [-0.05, 0) is 29.0 Å². The molecule has 2 heterocycles. The molecule has 1 amide bonds. The van der Waals surface area contributed by atoms with Gasteiger partial charge in [-0.1, -0.05) is 65.7 Å². The first kappa shape index (κ1) is 24.2. The lowest BCUT2D eigenvalue weighted by atomic mass is 9.98. The maximum Gasteiger partial charge on any atom is 0.300 e. The molecule has 0 radical (unpaired) electrons. The van der Waals surface area contributed by atoms with Gasteiger partial charge in [-0.2, -0.15) is 0 Å². The minimum Gasteiger partial charge on any atom is -0.507 e. The zero-order valence-corrected chi connectivity index (χ0v) is 21.4. The molecule has 1 saturated heterocycles. The van der Waals surface area contributed by atoms with Crippen LogP contribution in [0.5, 0.6) is 11.5 Å². The molecule has 0 aliphatic carbocycles. The Bertz CT molecular complexity index is 1540. The maximum atomic E-state index is 13.5.